The van der Waals surface area contributed by atoms with Crippen LogP contribution in [0.3, 0.4) is 0 Å². The summed E-state index contributed by atoms with van der Waals surface area (Å²) in [7, 11) is 1.90. The summed E-state index contributed by atoms with van der Waals surface area (Å²) >= 11 is 0. The number of nitrogens with zero attached hydrogens (tertiary/aromatic N) is 1. The van der Waals surface area contributed by atoms with Crippen molar-refractivity contribution in [3.63, 3.8) is 0 Å². The fourth-order valence-corrected chi connectivity index (χ4v) is 1.74. The number of hydrogen-bond donors (Lipinski definition) is 1. The van der Waals surface area contributed by atoms with Gasteiger partial charge in [-0.1, -0.05) is 33.6 Å². The topological polar surface area (TPSA) is 32.3 Å². The molecule has 0 saturated carbocycles. The Labute approximate surface area is 113 Å². The first-order valence-electron chi connectivity index (χ1n) is 6.60. The molecule has 1 N–H and O–H groups in total. The Bertz CT molecular complexity index is 180. The van der Waals surface area contributed by atoms with Gasteiger partial charge >= 0.3 is 0 Å². The van der Waals surface area contributed by atoms with Gasteiger partial charge in [0.1, 0.15) is 0 Å². The van der Waals surface area contributed by atoms with Gasteiger partial charge in [0.25, 0.3) is 0 Å². The first kappa shape index (κ1) is 19.1. The third kappa shape index (κ3) is 8.44. The van der Waals surface area contributed by atoms with Crippen molar-refractivity contribution in [1.82, 2.24) is 10.2 Å². The average Bonchev–Trinajstić information content (AvgIpc) is 2.29. The van der Waals surface area contributed by atoms with E-state index in [1.165, 1.54) is 0 Å². The predicted molar refractivity (Wildman–Crippen MR) is 76.7 cm³/mol. The number of carbonyl (C=O) groups is 1. The molecule has 3 nitrogen and oxygen atoms in total. The first-order valence-corrected chi connectivity index (χ1v) is 6.60. The summed E-state index contributed by atoms with van der Waals surface area (Å²) < 4.78 is 0. The van der Waals surface area contributed by atoms with Crippen LogP contribution in [0.4, 0.5) is 0 Å². The summed E-state index contributed by atoms with van der Waals surface area (Å²) in [5, 5.41) is 3.07. The maximum absolute atomic E-state index is 12.1. The number of halogens is 1. The minimum absolute atomic E-state index is 0. The lowest BCUT2D eigenvalue weighted by Gasteiger charge is -2.25. The summed E-state index contributed by atoms with van der Waals surface area (Å²) in [4.78, 5) is 14.2. The molecule has 0 aromatic carbocycles. The smallest absolute Gasteiger partial charge is 0.226 e. The molecule has 17 heavy (non-hydrogen) atoms. The van der Waals surface area contributed by atoms with E-state index in [4.69, 9.17) is 0 Å². The average molecular weight is 265 g/mol. The molecule has 0 heterocycles. The lowest BCUT2D eigenvalue weighted by atomic mass is 10.1. The third-order valence-corrected chi connectivity index (χ3v) is 2.81. The van der Waals surface area contributed by atoms with E-state index < -0.39 is 0 Å². The Kier molecular flexibility index (Phi) is 13.7. The second-order valence-electron chi connectivity index (χ2n) is 4.49. The van der Waals surface area contributed by atoms with Crippen molar-refractivity contribution in [2.75, 3.05) is 26.7 Å². The van der Waals surface area contributed by atoms with Gasteiger partial charge in [-0.3, -0.25) is 4.79 Å². The number of nitrogens with one attached hydrogen (secondary N) is 1. The van der Waals surface area contributed by atoms with Crippen molar-refractivity contribution < 1.29 is 4.79 Å². The number of unbranched alkanes of at least 4 members (excludes halogenated alkanes) is 2. The lowest BCUT2D eigenvalue weighted by Crippen LogP contribution is -2.39. The molecule has 0 spiro atoms. The molecule has 0 saturated heterocycles. The molecule has 0 rings (SSSR count). The Morgan fingerprint density at radius 1 is 1.18 bits per heavy atom. The van der Waals surface area contributed by atoms with Crippen LogP contribution in [0.25, 0.3) is 0 Å². The van der Waals surface area contributed by atoms with Gasteiger partial charge in [0, 0.05) is 25.6 Å². The highest BCUT2D eigenvalue weighted by Crippen LogP contribution is 2.06. The molecule has 0 aromatic rings. The van der Waals surface area contributed by atoms with Crippen LogP contribution in [0.5, 0.6) is 0 Å². The second kappa shape index (κ2) is 12.2. The van der Waals surface area contributed by atoms with Crippen molar-refractivity contribution in [1.29, 1.82) is 0 Å². The number of rotatable bonds is 9. The highest BCUT2D eigenvalue weighted by molar-refractivity contribution is 5.85. The molecule has 0 aliphatic heterocycles. The quantitative estimate of drug-likeness (QED) is 0.695. The van der Waals surface area contributed by atoms with E-state index in [1.807, 2.05) is 18.9 Å². The lowest BCUT2D eigenvalue weighted by molar-refractivity contribution is -0.135. The highest BCUT2D eigenvalue weighted by Gasteiger charge is 2.18. The zero-order valence-electron chi connectivity index (χ0n) is 11.8. The minimum Gasteiger partial charge on any atom is -0.342 e. The Morgan fingerprint density at radius 3 is 2.00 bits per heavy atom. The van der Waals surface area contributed by atoms with Crippen LogP contribution in [0.1, 0.15) is 46.5 Å². The molecule has 0 aliphatic rings. The number of hydrogen-bond acceptors (Lipinski definition) is 2. The van der Waals surface area contributed by atoms with E-state index in [1.54, 1.807) is 0 Å². The van der Waals surface area contributed by atoms with E-state index in [-0.39, 0.29) is 18.3 Å². The summed E-state index contributed by atoms with van der Waals surface area (Å²) in [5.41, 5.74) is 0. The minimum atomic E-state index is 0. The molecule has 0 bridgehead atoms. The van der Waals surface area contributed by atoms with Crippen LogP contribution in [-0.2, 0) is 4.79 Å². The van der Waals surface area contributed by atoms with Gasteiger partial charge in [0.2, 0.25) is 5.91 Å². The molecule has 4 heteroatoms. The molecular formula is C13H29ClN2O. The van der Waals surface area contributed by atoms with Crippen molar-refractivity contribution in [2.45, 2.75) is 46.5 Å². The molecule has 104 valence electrons. The van der Waals surface area contributed by atoms with Gasteiger partial charge in [-0.25, -0.2) is 0 Å². The van der Waals surface area contributed by atoms with Gasteiger partial charge in [-0.15, -0.1) is 12.4 Å². The molecule has 0 aromatic heterocycles. The van der Waals surface area contributed by atoms with E-state index >= 15 is 0 Å². The monoisotopic (exact) mass is 264 g/mol. The van der Waals surface area contributed by atoms with Crippen molar-refractivity contribution in [3.8, 4) is 0 Å². The molecule has 0 fully saturated rings. The van der Waals surface area contributed by atoms with Crippen molar-refractivity contribution in [3.05, 3.63) is 0 Å². The predicted octanol–water partition coefficient (Wildman–Crippen LogP) is 2.69. The van der Waals surface area contributed by atoms with E-state index in [0.29, 0.717) is 5.91 Å². The molecule has 1 amide bonds. The molecular weight excluding hydrogens is 236 g/mol. The number of carbonyl (C=O) groups excluding carboxylic acids is 1. The maximum Gasteiger partial charge on any atom is 0.226 e. The van der Waals surface area contributed by atoms with E-state index in [9.17, 15) is 4.79 Å². The summed E-state index contributed by atoms with van der Waals surface area (Å²) in [6, 6.07) is 0. The number of amides is 1. The fraction of sp³-hybridized carbons (Fsp3) is 0.923. The normalized spacial score (nSPS) is 11.8. The van der Waals surface area contributed by atoms with Crippen LogP contribution in [-0.4, -0.2) is 37.5 Å². The zero-order chi connectivity index (χ0) is 12.4. The Balaban J connectivity index is 0. The van der Waals surface area contributed by atoms with Gasteiger partial charge in [-0.05, 0) is 19.9 Å². The van der Waals surface area contributed by atoms with E-state index in [0.717, 1.165) is 45.3 Å². The van der Waals surface area contributed by atoms with Crippen LogP contribution in [0.2, 0.25) is 0 Å². The van der Waals surface area contributed by atoms with Gasteiger partial charge in [-0.2, -0.15) is 0 Å². The SMILES string of the molecule is CCCCN(CCCC)C(=O)C(C)CNC.Cl. The summed E-state index contributed by atoms with van der Waals surface area (Å²) in [5.74, 6) is 0.398. The highest BCUT2D eigenvalue weighted by atomic mass is 35.5. The molecule has 0 radical (unpaired) electrons. The van der Waals surface area contributed by atoms with Gasteiger partial charge in [0.15, 0.2) is 0 Å². The second-order valence-corrected chi connectivity index (χ2v) is 4.49. The Morgan fingerprint density at radius 2 is 1.65 bits per heavy atom. The first-order chi connectivity index (χ1) is 7.67. The van der Waals surface area contributed by atoms with Gasteiger partial charge in [0.05, 0.1) is 0 Å². The van der Waals surface area contributed by atoms with Crippen LogP contribution >= 0.6 is 12.4 Å². The third-order valence-electron chi connectivity index (χ3n) is 2.81. The fourth-order valence-electron chi connectivity index (χ4n) is 1.74. The largest absolute Gasteiger partial charge is 0.342 e. The van der Waals surface area contributed by atoms with Crippen LogP contribution in [0, 0.1) is 5.92 Å². The molecule has 1 unspecified atom stereocenters. The van der Waals surface area contributed by atoms with E-state index in [2.05, 4.69) is 19.2 Å². The van der Waals surface area contributed by atoms with Crippen LogP contribution < -0.4 is 5.32 Å². The van der Waals surface area contributed by atoms with Gasteiger partial charge < -0.3 is 10.2 Å². The molecule has 1 atom stereocenters. The maximum atomic E-state index is 12.1. The van der Waals surface area contributed by atoms with Crippen molar-refractivity contribution >= 4 is 18.3 Å². The molecule has 0 aliphatic carbocycles. The van der Waals surface area contributed by atoms with Crippen molar-refractivity contribution in [2.24, 2.45) is 5.92 Å². The Hall–Kier alpha value is -0.280. The summed E-state index contributed by atoms with van der Waals surface area (Å²) in [6.45, 7) is 8.95. The van der Waals surface area contributed by atoms with Crippen LogP contribution in [0.15, 0.2) is 0 Å². The summed E-state index contributed by atoms with van der Waals surface area (Å²) in [6.07, 6.45) is 4.52. The standard InChI is InChI=1S/C13H28N2O.ClH/c1-5-7-9-15(10-8-6-2)13(16)12(3)11-14-4;/h12,14H,5-11H2,1-4H3;1H. The zero-order valence-corrected chi connectivity index (χ0v) is 12.6.